The molecule has 0 aromatic rings. The highest BCUT2D eigenvalue weighted by atomic mass is 16.5. The van der Waals surface area contributed by atoms with Crippen molar-refractivity contribution in [3.8, 4) is 0 Å². The number of methoxy groups -OCH3 is 1. The molecule has 1 saturated heterocycles. The lowest BCUT2D eigenvalue weighted by molar-refractivity contribution is 0.0499. The molecule has 1 saturated carbocycles. The maximum Gasteiger partial charge on any atom is 0.0726 e. The zero-order chi connectivity index (χ0) is 11.4. The molecule has 1 N–H and O–H groups in total. The Bertz CT molecular complexity index is 196. The van der Waals surface area contributed by atoms with E-state index in [-0.39, 0.29) is 0 Å². The van der Waals surface area contributed by atoms with Crippen LogP contribution >= 0.6 is 0 Å². The van der Waals surface area contributed by atoms with Crippen LogP contribution in [0.15, 0.2) is 0 Å². The summed E-state index contributed by atoms with van der Waals surface area (Å²) < 4.78 is 11.1. The van der Waals surface area contributed by atoms with Gasteiger partial charge in [0.05, 0.1) is 12.2 Å². The van der Waals surface area contributed by atoms with E-state index >= 15 is 0 Å². The summed E-state index contributed by atoms with van der Waals surface area (Å²) in [5, 5.41) is 3.72. The molecule has 1 heterocycles. The number of hydrogen-bond donors (Lipinski definition) is 1. The van der Waals surface area contributed by atoms with E-state index in [1.165, 1.54) is 38.5 Å². The molecule has 0 amide bonds. The van der Waals surface area contributed by atoms with Gasteiger partial charge in [-0.05, 0) is 45.4 Å². The molecule has 94 valence electrons. The molecule has 2 fully saturated rings. The quantitative estimate of drug-likeness (QED) is 0.798. The lowest BCUT2D eigenvalue weighted by Gasteiger charge is -2.32. The lowest BCUT2D eigenvalue weighted by Crippen LogP contribution is -2.45. The number of ether oxygens (including phenoxy) is 2. The molecule has 1 aliphatic carbocycles. The van der Waals surface area contributed by atoms with Crippen molar-refractivity contribution in [1.29, 1.82) is 0 Å². The summed E-state index contributed by atoms with van der Waals surface area (Å²) in [6, 6.07) is 1.18. The Labute approximate surface area is 98.9 Å². The van der Waals surface area contributed by atoms with Crippen molar-refractivity contribution in [1.82, 2.24) is 5.32 Å². The minimum Gasteiger partial charge on any atom is -0.381 e. The molecule has 0 aromatic heterocycles. The van der Waals surface area contributed by atoms with E-state index in [0.29, 0.717) is 24.3 Å². The molecule has 0 radical (unpaired) electrons. The van der Waals surface area contributed by atoms with Gasteiger partial charge in [0.15, 0.2) is 0 Å². The van der Waals surface area contributed by atoms with Crippen LogP contribution in [-0.4, -0.2) is 38.0 Å². The van der Waals surface area contributed by atoms with Gasteiger partial charge in [-0.25, -0.2) is 0 Å². The first-order valence-electron chi connectivity index (χ1n) is 6.70. The van der Waals surface area contributed by atoms with Crippen LogP contribution < -0.4 is 5.32 Å². The predicted octanol–water partition coefficient (Wildman–Crippen LogP) is 2.10. The molecule has 3 nitrogen and oxygen atoms in total. The largest absolute Gasteiger partial charge is 0.381 e. The Morgan fingerprint density at radius 2 is 1.94 bits per heavy atom. The molecular weight excluding hydrogens is 202 g/mol. The van der Waals surface area contributed by atoms with Gasteiger partial charge < -0.3 is 14.8 Å². The standard InChI is InChI=1S/C13H25NO2/c1-10(13-4-3-9-16-13)14-11-5-7-12(15-2)8-6-11/h10-14H,3-9H2,1-2H3. The molecular formula is C13H25NO2. The Kier molecular flexibility index (Phi) is 4.62. The minimum absolute atomic E-state index is 0.445. The third-order valence-electron chi connectivity index (χ3n) is 4.03. The van der Waals surface area contributed by atoms with Gasteiger partial charge in [-0.1, -0.05) is 0 Å². The second-order valence-corrected chi connectivity index (χ2v) is 5.22. The van der Waals surface area contributed by atoms with Crippen molar-refractivity contribution in [3.63, 3.8) is 0 Å². The highest BCUT2D eigenvalue weighted by molar-refractivity contribution is 4.83. The Hall–Kier alpha value is -0.120. The van der Waals surface area contributed by atoms with Crippen molar-refractivity contribution in [2.24, 2.45) is 0 Å². The molecule has 3 heteroatoms. The maximum absolute atomic E-state index is 5.71. The number of nitrogens with one attached hydrogen (secondary N) is 1. The smallest absolute Gasteiger partial charge is 0.0726 e. The van der Waals surface area contributed by atoms with Gasteiger partial charge in [0.2, 0.25) is 0 Å². The molecule has 2 aliphatic rings. The minimum atomic E-state index is 0.445. The average Bonchev–Trinajstić information content (AvgIpc) is 2.83. The molecule has 0 spiro atoms. The van der Waals surface area contributed by atoms with Gasteiger partial charge in [0.1, 0.15) is 0 Å². The highest BCUT2D eigenvalue weighted by Crippen LogP contribution is 2.22. The molecule has 1 aliphatic heterocycles. The Morgan fingerprint density at radius 3 is 2.50 bits per heavy atom. The normalized spacial score (nSPS) is 37.5. The third kappa shape index (κ3) is 3.19. The summed E-state index contributed by atoms with van der Waals surface area (Å²) in [7, 11) is 1.83. The first-order chi connectivity index (χ1) is 7.79. The van der Waals surface area contributed by atoms with E-state index in [9.17, 15) is 0 Å². The average molecular weight is 227 g/mol. The van der Waals surface area contributed by atoms with Gasteiger partial charge in [-0.2, -0.15) is 0 Å². The van der Waals surface area contributed by atoms with Crippen molar-refractivity contribution in [2.45, 2.75) is 69.7 Å². The summed E-state index contributed by atoms with van der Waals surface area (Å²) in [5.41, 5.74) is 0. The topological polar surface area (TPSA) is 30.5 Å². The highest BCUT2D eigenvalue weighted by Gasteiger charge is 2.26. The second-order valence-electron chi connectivity index (χ2n) is 5.22. The van der Waals surface area contributed by atoms with Gasteiger partial charge in [-0.3, -0.25) is 0 Å². The van der Waals surface area contributed by atoms with Crippen molar-refractivity contribution >= 4 is 0 Å². The molecule has 16 heavy (non-hydrogen) atoms. The molecule has 2 atom stereocenters. The fourth-order valence-electron chi connectivity index (χ4n) is 2.94. The van der Waals surface area contributed by atoms with Gasteiger partial charge in [0.25, 0.3) is 0 Å². The van der Waals surface area contributed by atoms with Crippen LogP contribution in [0.1, 0.15) is 45.4 Å². The fraction of sp³-hybridized carbons (Fsp3) is 1.00. The summed E-state index contributed by atoms with van der Waals surface area (Å²) in [6.07, 6.45) is 8.29. The lowest BCUT2D eigenvalue weighted by atomic mass is 9.92. The first-order valence-corrected chi connectivity index (χ1v) is 6.70. The van der Waals surface area contributed by atoms with E-state index in [4.69, 9.17) is 9.47 Å². The van der Waals surface area contributed by atoms with Crippen LogP contribution in [0.4, 0.5) is 0 Å². The van der Waals surface area contributed by atoms with Gasteiger partial charge in [0, 0.05) is 25.8 Å². The number of hydrogen-bond acceptors (Lipinski definition) is 3. The van der Waals surface area contributed by atoms with E-state index in [1.807, 2.05) is 7.11 Å². The summed E-state index contributed by atoms with van der Waals surface area (Å²) >= 11 is 0. The van der Waals surface area contributed by atoms with Crippen LogP contribution in [0, 0.1) is 0 Å². The molecule has 0 bridgehead atoms. The molecule has 2 rings (SSSR count). The van der Waals surface area contributed by atoms with Crippen molar-refractivity contribution < 1.29 is 9.47 Å². The summed E-state index contributed by atoms with van der Waals surface area (Å²) in [5.74, 6) is 0. The molecule has 2 unspecified atom stereocenters. The van der Waals surface area contributed by atoms with Gasteiger partial charge in [-0.15, -0.1) is 0 Å². The van der Waals surface area contributed by atoms with E-state index < -0.39 is 0 Å². The zero-order valence-electron chi connectivity index (χ0n) is 10.6. The van der Waals surface area contributed by atoms with Crippen molar-refractivity contribution in [3.05, 3.63) is 0 Å². The summed E-state index contributed by atoms with van der Waals surface area (Å²) in [6.45, 7) is 3.21. The van der Waals surface area contributed by atoms with Crippen LogP contribution in [0.3, 0.4) is 0 Å². The second kappa shape index (κ2) is 5.99. The van der Waals surface area contributed by atoms with Crippen molar-refractivity contribution in [2.75, 3.05) is 13.7 Å². The maximum atomic E-state index is 5.71. The number of rotatable bonds is 4. The van der Waals surface area contributed by atoms with E-state index in [0.717, 1.165) is 6.61 Å². The predicted molar refractivity (Wildman–Crippen MR) is 64.6 cm³/mol. The third-order valence-corrected chi connectivity index (χ3v) is 4.03. The Morgan fingerprint density at radius 1 is 1.19 bits per heavy atom. The zero-order valence-corrected chi connectivity index (χ0v) is 10.6. The first kappa shape index (κ1) is 12.3. The summed E-state index contributed by atoms with van der Waals surface area (Å²) in [4.78, 5) is 0. The van der Waals surface area contributed by atoms with E-state index in [2.05, 4.69) is 12.2 Å². The SMILES string of the molecule is COC1CCC(NC(C)C2CCCO2)CC1. The fourth-order valence-corrected chi connectivity index (χ4v) is 2.94. The Balaban J connectivity index is 1.69. The van der Waals surface area contributed by atoms with Crippen LogP contribution in [-0.2, 0) is 9.47 Å². The van der Waals surface area contributed by atoms with Crippen LogP contribution in [0.2, 0.25) is 0 Å². The molecule has 0 aromatic carbocycles. The van der Waals surface area contributed by atoms with Crippen LogP contribution in [0.5, 0.6) is 0 Å². The monoisotopic (exact) mass is 227 g/mol. The van der Waals surface area contributed by atoms with Crippen LogP contribution in [0.25, 0.3) is 0 Å². The van der Waals surface area contributed by atoms with E-state index in [1.54, 1.807) is 0 Å². The van der Waals surface area contributed by atoms with Gasteiger partial charge >= 0.3 is 0 Å².